The van der Waals surface area contributed by atoms with Gasteiger partial charge in [-0.1, -0.05) is 42.5 Å². The Bertz CT molecular complexity index is 1620. The zero-order chi connectivity index (χ0) is 29.1. The summed E-state index contributed by atoms with van der Waals surface area (Å²) in [6.45, 7) is 2.33. The van der Waals surface area contributed by atoms with Gasteiger partial charge in [0.15, 0.2) is 5.82 Å². The Labute approximate surface area is 243 Å². The lowest BCUT2D eigenvalue weighted by Gasteiger charge is -2.31. The van der Waals surface area contributed by atoms with E-state index in [1.807, 2.05) is 18.2 Å². The zero-order valence-corrected chi connectivity index (χ0v) is 23.8. The summed E-state index contributed by atoms with van der Waals surface area (Å²) in [5.74, 6) is 0.823. The summed E-state index contributed by atoms with van der Waals surface area (Å²) < 4.78 is 63.5. The number of morpholine rings is 1. The molecule has 13 heteroatoms. The number of sulfonamides is 1. The summed E-state index contributed by atoms with van der Waals surface area (Å²) >= 11 is 0. The van der Waals surface area contributed by atoms with Gasteiger partial charge in [-0.2, -0.15) is 9.97 Å². The summed E-state index contributed by atoms with van der Waals surface area (Å²) in [5.41, 5.74) is 1.74. The summed E-state index contributed by atoms with van der Waals surface area (Å²) in [5, 5.41) is 3.40. The summed E-state index contributed by atoms with van der Waals surface area (Å²) in [7, 11) is -3.47. The average molecular weight is 598 g/mol. The predicted molar refractivity (Wildman–Crippen MR) is 157 cm³/mol. The van der Waals surface area contributed by atoms with Crippen LogP contribution in [-0.4, -0.2) is 66.3 Å². The van der Waals surface area contributed by atoms with Crippen molar-refractivity contribution in [2.75, 3.05) is 36.5 Å². The maximum Gasteiger partial charge on any atom is 0.296 e. The monoisotopic (exact) mass is 597 g/mol. The van der Waals surface area contributed by atoms with E-state index in [-0.39, 0.29) is 23.7 Å². The van der Waals surface area contributed by atoms with Crippen molar-refractivity contribution >= 4 is 32.8 Å². The van der Waals surface area contributed by atoms with Gasteiger partial charge in [0.2, 0.25) is 16.0 Å². The third-order valence-corrected chi connectivity index (χ3v) is 9.06. The highest BCUT2D eigenvalue weighted by Crippen LogP contribution is 2.30. The molecule has 42 heavy (non-hydrogen) atoms. The fourth-order valence-corrected chi connectivity index (χ4v) is 7.07. The van der Waals surface area contributed by atoms with Crippen LogP contribution in [0.1, 0.15) is 43.5 Å². The highest BCUT2D eigenvalue weighted by Gasteiger charge is 2.27. The van der Waals surface area contributed by atoms with Gasteiger partial charge in [-0.3, -0.25) is 4.57 Å². The average Bonchev–Trinajstić information content (AvgIpc) is 3.39. The summed E-state index contributed by atoms with van der Waals surface area (Å²) in [6.07, 6.45) is -0.0753. The number of rotatable bonds is 9. The zero-order valence-electron chi connectivity index (χ0n) is 23.0. The van der Waals surface area contributed by atoms with Crippen molar-refractivity contribution in [1.82, 2.24) is 24.2 Å². The molecule has 2 aliphatic rings. The highest BCUT2D eigenvalue weighted by molar-refractivity contribution is 7.88. The number of nitrogens with one attached hydrogen (secondary N) is 2. The molecule has 1 aliphatic heterocycles. The fourth-order valence-electron chi connectivity index (χ4n) is 5.61. The Morgan fingerprint density at radius 3 is 2.29 bits per heavy atom. The van der Waals surface area contributed by atoms with Crippen LogP contribution < -0.4 is 14.9 Å². The molecule has 0 spiro atoms. The minimum absolute atomic E-state index is 0.00164. The second-order valence-electron chi connectivity index (χ2n) is 10.7. The normalized spacial score (nSPS) is 19.8. The van der Waals surface area contributed by atoms with E-state index in [1.165, 1.54) is 4.57 Å². The molecular formula is C29H33F2N7O3S. The van der Waals surface area contributed by atoms with E-state index in [0.717, 1.165) is 5.56 Å². The van der Waals surface area contributed by atoms with Gasteiger partial charge in [-0.05, 0) is 43.4 Å². The van der Waals surface area contributed by atoms with E-state index in [9.17, 15) is 17.2 Å². The molecule has 1 aliphatic carbocycles. The van der Waals surface area contributed by atoms with Gasteiger partial charge >= 0.3 is 0 Å². The van der Waals surface area contributed by atoms with Gasteiger partial charge in [0, 0.05) is 31.2 Å². The number of ether oxygens (including phenoxy) is 1. The van der Waals surface area contributed by atoms with Crippen molar-refractivity contribution in [2.45, 2.75) is 49.9 Å². The van der Waals surface area contributed by atoms with Crippen LogP contribution in [0.2, 0.25) is 0 Å². The lowest BCUT2D eigenvalue weighted by molar-refractivity contribution is 0.122. The minimum Gasteiger partial charge on any atom is -0.378 e. The molecule has 2 N–H and O–H groups in total. The SMILES string of the molecule is O=S(=O)(Cc1ccccc1)N[C@H]1CC[C@H](Nc2nc(N3CCOCC3)cc(-n3c(C(F)F)nc4ccccc43)n2)CC1. The lowest BCUT2D eigenvalue weighted by Crippen LogP contribution is -2.41. The number of halogens is 2. The first-order valence-corrected chi connectivity index (χ1v) is 15.8. The molecule has 0 bridgehead atoms. The molecule has 10 nitrogen and oxygen atoms in total. The van der Waals surface area contributed by atoms with E-state index < -0.39 is 16.4 Å². The maximum absolute atomic E-state index is 14.1. The molecule has 0 unspecified atom stereocenters. The topological polar surface area (TPSA) is 114 Å². The minimum atomic E-state index is -3.47. The number of fused-ring (bicyclic) bond motifs is 1. The Morgan fingerprint density at radius 2 is 1.55 bits per heavy atom. The number of nitrogens with zero attached hydrogens (tertiary/aromatic N) is 5. The van der Waals surface area contributed by atoms with Gasteiger partial charge < -0.3 is 15.0 Å². The second kappa shape index (κ2) is 12.3. The van der Waals surface area contributed by atoms with Gasteiger partial charge in [-0.15, -0.1) is 0 Å². The Morgan fingerprint density at radius 1 is 0.881 bits per heavy atom. The molecule has 4 aromatic rings. The smallest absolute Gasteiger partial charge is 0.296 e. The Hall–Kier alpha value is -3.68. The van der Waals surface area contributed by atoms with Crippen LogP contribution in [0.4, 0.5) is 20.5 Å². The van der Waals surface area contributed by atoms with Gasteiger partial charge in [0.25, 0.3) is 6.43 Å². The first kappa shape index (κ1) is 28.4. The van der Waals surface area contributed by atoms with Crippen molar-refractivity contribution in [3.05, 3.63) is 72.1 Å². The molecule has 0 radical (unpaired) electrons. The molecular weight excluding hydrogens is 564 g/mol. The molecule has 3 heterocycles. The Balaban J connectivity index is 1.21. The summed E-state index contributed by atoms with van der Waals surface area (Å²) in [4.78, 5) is 15.7. The van der Waals surface area contributed by atoms with Crippen LogP contribution >= 0.6 is 0 Å². The van der Waals surface area contributed by atoms with Crippen molar-refractivity contribution in [3.63, 3.8) is 0 Å². The molecule has 6 rings (SSSR count). The van der Waals surface area contributed by atoms with E-state index in [0.29, 0.717) is 80.6 Å². The van der Waals surface area contributed by atoms with Crippen molar-refractivity contribution in [3.8, 4) is 5.82 Å². The molecule has 2 aromatic heterocycles. The van der Waals surface area contributed by atoms with Crippen molar-refractivity contribution in [1.29, 1.82) is 0 Å². The highest BCUT2D eigenvalue weighted by atomic mass is 32.2. The maximum atomic E-state index is 14.1. The molecule has 1 saturated carbocycles. The van der Waals surface area contributed by atoms with Crippen LogP contribution in [0.25, 0.3) is 16.9 Å². The van der Waals surface area contributed by atoms with Gasteiger partial charge in [0.1, 0.15) is 11.6 Å². The summed E-state index contributed by atoms with van der Waals surface area (Å²) in [6, 6.07) is 17.7. The molecule has 2 fully saturated rings. The van der Waals surface area contributed by atoms with E-state index in [2.05, 4.69) is 24.9 Å². The number of hydrogen-bond acceptors (Lipinski definition) is 8. The van der Waals surface area contributed by atoms with E-state index in [4.69, 9.17) is 9.72 Å². The van der Waals surface area contributed by atoms with Gasteiger partial charge in [-0.25, -0.2) is 26.9 Å². The van der Waals surface area contributed by atoms with Crippen LogP contribution in [0, 0.1) is 0 Å². The number of para-hydroxylation sites is 2. The molecule has 2 aromatic carbocycles. The predicted octanol–water partition coefficient (Wildman–Crippen LogP) is 4.43. The molecule has 0 amide bonds. The largest absolute Gasteiger partial charge is 0.378 e. The number of imidazole rings is 1. The fraction of sp³-hybridized carbons (Fsp3) is 0.414. The molecule has 1 saturated heterocycles. The first-order chi connectivity index (χ1) is 20.3. The first-order valence-electron chi connectivity index (χ1n) is 14.1. The van der Waals surface area contributed by atoms with Crippen molar-refractivity contribution in [2.24, 2.45) is 0 Å². The van der Waals surface area contributed by atoms with Crippen molar-refractivity contribution < 1.29 is 21.9 Å². The lowest BCUT2D eigenvalue weighted by atomic mass is 9.92. The molecule has 0 atom stereocenters. The third-order valence-electron chi connectivity index (χ3n) is 7.65. The number of benzene rings is 2. The van der Waals surface area contributed by atoms with Crippen LogP contribution in [0.15, 0.2) is 60.7 Å². The third kappa shape index (κ3) is 6.53. The van der Waals surface area contributed by atoms with E-state index >= 15 is 0 Å². The molecule has 222 valence electrons. The number of aromatic nitrogens is 4. The van der Waals surface area contributed by atoms with Crippen LogP contribution in [0.3, 0.4) is 0 Å². The van der Waals surface area contributed by atoms with E-state index in [1.54, 1.807) is 42.5 Å². The van der Waals surface area contributed by atoms with Crippen LogP contribution in [-0.2, 0) is 20.5 Å². The Kier molecular flexibility index (Phi) is 8.31. The quantitative estimate of drug-likeness (QED) is 0.291. The standard InChI is InChI=1S/C29H33F2N7O3S/c30-27(31)28-33-23-8-4-5-9-24(23)38(28)26-18-25(37-14-16-41-17-15-37)34-29(35-26)32-21-10-12-22(13-11-21)36-42(39,40)19-20-6-2-1-3-7-20/h1-9,18,21-22,27,36H,10-17,19H2,(H,32,34,35)/t21-,22-. The van der Waals surface area contributed by atoms with Crippen LogP contribution in [0.5, 0.6) is 0 Å². The number of hydrogen-bond donors (Lipinski definition) is 2. The number of alkyl halides is 2. The van der Waals surface area contributed by atoms with Gasteiger partial charge in [0.05, 0.1) is 30.0 Å². The number of anilines is 2. The second-order valence-corrected chi connectivity index (χ2v) is 12.4.